The molecule has 0 fully saturated rings. The van der Waals surface area contributed by atoms with E-state index in [1.54, 1.807) is 16.9 Å². The number of hydrogen-bond donors (Lipinski definition) is 2. The van der Waals surface area contributed by atoms with Crippen LogP contribution in [0, 0.1) is 5.82 Å². The zero-order chi connectivity index (χ0) is 16.9. The van der Waals surface area contributed by atoms with Gasteiger partial charge in [-0.1, -0.05) is 24.3 Å². The minimum Gasteiger partial charge on any atom is -0.396 e. The topological polar surface area (TPSA) is 50.1 Å². The second kappa shape index (κ2) is 7.27. The van der Waals surface area contributed by atoms with Gasteiger partial charge < -0.3 is 10.4 Å². The van der Waals surface area contributed by atoms with E-state index in [1.165, 1.54) is 12.1 Å². The third kappa shape index (κ3) is 3.81. The van der Waals surface area contributed by atoms with E-state index in [1.807, 2.05) is 43.6 Å². The molecule has 1 unspecified atom stereocenters. The van der Waals surface area contributed by atoms with E-state index in [-0.39, 0.29) is 18.5 Å². The normalized spacial score (nSPS) is 12.1. The number of benzene rings is 2. The zero-order valence-corrected chi connectivity index (χ0v) is 13.5. The predicted octanol–water partition coefficient (Wildman–Crippen LogP) is 3.30. The fourth-order valence-electron chi connectivity index (χ4n) is 2.70. The fraction of sp³-hybridized carbons (Fsp3) is 0.211. The first-order valence-electron chi connectivity index (χ1n) is 7.86. The Hall–Kier alpha value is -2.66. The van der Waals surface area contributed by atoms with Crippen LogP contribution in [-0.2, 0) is 13.5 Å². The smallest absolute Gasteiger partial charge is 0.123 e. The van der Waals surface area contributed by atoms with E-state index in [9.17, 15) is 4.39 Å². The first-order chi connectivity index (χ1) is 11.7. The molecule has 0 aliphatic carbocycles. The minimum absolute atomic E-state index is 0.133. The summed E-state index contributed by atoms with van der Waals surface area (Å²) in [6.07, 6.45) is 4.33. The summed E-state index contributed by atoms with van der Waals surface area (Å²) < 4.78 is 15.4. The third-order valence-electron chi connectivity index (χ3n) is 3.91. The number of aryl methyl sites for hydroxylation is 1. The lowest BCUT2D eigenvalue weighted by Gasteiger charge is -2.19. The maximum Gasteiger partial charge on any atom is 0.123 e. The maximum atomic E-state index is 13.7. The molecule has 1 heterocycles. The molecular weight excluding hydrogens is 305 g/mol. The van der Waals surface area contributed by atoms with Gasteiger partial charge in [0.05, 0.1) is 12.2 Å². The van der Waals surface area contributed by atoms with Crippen molar-refractivity contribution in [2.24, 2.45) is 7.05 Å². The predicted molar refractivity (Wildman–Crippen MR) is 92.3 cm³/mol. The van der Waals surface area contributed by atoms with E-state index < -0.39 is 0 Å². The molecule has 3 aromatic rings. The van der Waals surface area contributed by atoms with Crippen LogP contribution in [0.1, 0.15) is 22.7 Å². The second-order valence-electron chi connectivity index (χ2n) is 5.75. The number of aliphatic hydroxyl groups is 1. The number of aliphatic hydroxyl groups excluding tert-OH is 1. The van der Waals surface area contributed by atoms with Gasteiger partial charge in [-0.2, -0.15) is 5.10 Å². The molecule has 0 radical (unpaired) electrons. The van der Waals surface area contributed by atoms with E-state index in [0.717, 1.165) is 22.4 Å². The molecule has 2 N–H and O–H groups in total. The summed E-state index contributed by atoms with van der Waals surface area (Å²) in [6, 6.07) is 14.3. The first-order valence-corrected chi connectivity index (χ1v) is 7.86. The Morgan fingerprint density at radius 3 is 2.58 bits per heavy atom. The fourth-order valence-corrected chi connectivity index (χ4v) is 2.70. The highest BCUT2D eigenvalue weighted by Gasteiger charge is 2.16. The molecule has 0 bridgehead atoms. The van der Waals surface area contributed by atoms with E-state index >= 15 is 0 Å². The van der Waals surface area contributed by atoms with Gasteiger partial charge >= 0.3 is 0 Å². The lowest BCUT2D eigenvalue weighted by Crippen LogP contribution is -2.12. The molecule has 0 aliphatic heterocycles. The van der Waals surface area contributed by atoms with E-state index in [2.05, 4.69) is 10.4 Å². The Balaban J connectivity index is 1.90. The van der Waals surface area contributed by atoms with E-state index in [0.29, 0.717) is 6.42 Å². The van der Waals surface area contributed by atoms with Crippen molar-refractivity contribution < 1.29 is 9.50 Å². The number of halogens is 1. The van der Waals surface area contributed by atoms with Crippen molar-refractivity contribution in [2.75, 3.05) is 11.9 Å². The monoisotopic (exact) mass is 325 g/mol. The third-order valence-corrected chi connectivity index (χ3v) is 3.91. The van der Waals surface area contributed by atoms with Gasteiger partial charge in [0.25, 0.3) is 0 Å². The summed E-state index contributed by atoms with van der Waals surface area (Å²) in [4.78, 5) is 0. The van der Waals surface area contributed by atoms with Crippen LogP contribution in [0.2, 0.25) is 0 Å². The van der Waals surface area contributed by atoms with Gasteiger partial charge in [-0.3, -0.25) is 4.68 Å². The van der Waals surface area contributed by atoms with Gasteiger partial charge in [0.1, 0.15) is 5.82 Å². The molecule has 124 valence electrons. The Kier molecular flexibility index (Phi) is 4.91. The molecule has 24 heavy (non-hydrogen) atoms. The van der Waals surface area contributed by atoms with Crippen LogP contribution < -0.4 is 5.32 Å². The summed E-state index contributed by atoms with van der Waals surface area (Å²) in [7, 11) is 1.86. The van der Waals surface area contributed by atoms with Crippen molar-refractivity contribution in [1.29, 1.82) is 0 Å². The summed E-state index contributed by atoms with van der Waals surface area (Å²) >= 11 is 0. The number of nitrogens with zero attached hydrogens (tertiary/aromatic N) is 2. The second-order valence-corrected chi connectivity index (χ2v) is 5.75. The highest BCUT2D eigenvalue weighted by Crippen LogP contribution is 2.27. The van der Waals surface area contributed by atoms with Crippen molar-refractivity contribution in [3.05, 3.63) is 83.4 Å². The molecule has 4 nitrogen and oxygen atoms in total. The van der Waals surface area contributed by atoms with Crippen LogP contribution in [0.5, 0.6) is 0 Å². The quantitative estimate of drug-likeness (QED) is 0.731. The number of hydrogen-bond acceptors (Lipinski definition) is 3. The van der Waals surface area contributed by atoms with Gasteiger partial charge in [-0.05, 0) is 41.8 Å². The Bertz CT molecular complexity index is 798. The van der Waals surface area contributed by atoms with Crippen LogP contribution >= 0.6 is 0 Å². The molecule has 2 aromatic carbocycles. The van der Waals surface area contributed by atoms with Gasteiger partial charge in [0, 0.05) is 31.1 Å². The lowest BCUT2D eigenvalue weighted by atomic mass is 10.0. The molecule has 3 rings (SSSR count). The Labute approximate surface area is 140 Å². The van der Waals surface area contributed by atoms with Crippen LogP contribution in [-0.4, -0.2) is 21.5 Å². The summed E-state index contributed by atoms with van der Waals surface area (Å²) in [6.45, 7) is 0.133. The Morgan fingerprint density at radius 2 is 1.96 bits per heavy atom. The number of nitrogens with one attached hydrogen (secondary N) is 1. The summed E-state index contributed by atoms with van der Waals surface area (Å²) in [5, 5.41) is 16.7. The lowest BCUT2D eigenvalue weighted by molar-refractivity contribution is 0.299. The molecule has 5 heteroatoms. The summed E-state index contributed by atoms with van der Waals surface area (Å²) in [5.74, 6) is -0.263. The van der Waals surface area contributed by atoms with Crippen LogP contribution in [0.15, 0.2) is 60.9 Å². The van der Waals surface area contributed by atoms with Gasteiger partial charge in [0.15, 0.2) is 0 Å². The van der Waals surface area contributed by atoms with Crippen LogP contribution in [0.25, 0.3) is 0 Å². The summed E-state index contributed by atoms with van der Waals surface area (Å²) in [5.41, 5.74) is 3.80. The van der Waals surface area contributed by atoms with Crippen LogP contribution in [0.3, 0.4) is 0 Å². The van der Waals surface area contributed by atoms with Gasteiger partial charge in [-0.25, -0.2) is 4.39 Å². The standard InChI is InChI=1S/C19H20FN3O/c1-23-13-16(12-21-23)19(15-3-2-4-17(20)11-15)22-18-7-5-14(6-8-18)9-10-24/h2-8,11-13,19,22,24H,9-10H2,1H3. The SMILES string of the molecule is Cn1cc(C(Nc2ccc(CCO)cc2)c2cccc(F)c2)cn1. The largest absolute Gasteiger partial charge is 0.396 e. The molecule has 0 saturated heterocycles. The highest BCUT2D eigenvalue weighted by atomic mass is 19.1. The number of aromatic nitrogens is 2. The average Bonchev–Trinajstić information content (AvgIpc) is 3.00. The number of rotatable bonds is 6. The average molecular weight is 325 g/mol. The molecule has 1 aromatic heterocycles. The van der Waals surface area contributed by atoms with Crippen LogP contribution in [0.4, 0.5) is 10.1 Å². The molecule has 0 saturated carbocycles. The number of anilines is 1. The van der Waals surface area contributed by atoms with E-state index in [4.69, 9.17) is 5.11 Å². The molecule has 1 atom stereocenters. The van der Waals surface area contributed by atoms with Crippen molar-refractivity contribution in [2.45, 2.75) is 12.5 Å². The van der Waals surface area contributed by atoms with Crippen molar-refractivity contribution in [3.63, 3.8) is 0 Å². The van der Waals surface area contributed by atoms with Crippen molar-refractivity contribution >= 4 is 5.69 Å². The first kappa shape index (κ1) is 16.2. The van der Waals surface area contributed by atoms with Crippen molar-refractivity contribution in [3.8, 4) is 0 Å². The van der Waals surface area contributed by atoms with Crippen molar-refractivity contribution in [1.82, 2.24) is 9.78 Å². The maximum absolute atomic E-state index is 13.7. The molecule has 0 amide bonds. The highest BCUT2D eigenvalue weighted by molar-refractivity contribution is 5.49. The van der Waals surface area contributed by atoms with Gasteiger partial charge in [-0.15, -0.1) is 0 Å². The molecule has 0 aliphatic rings. The molecular formula is C19H20FN3O. The molecule has 0 spiro atoms. The van der Waals surface area contributed by atoms with Gasteiger partial charge in [0.2, 0.25) is 0 Å². The minimum atomic E-state index is -0.263. The Morgan fingerprint density at radius 1 is 1.17 bits per heavy atom. The zero-order valence-electron chi connectivity index (χ0n) is 13.5.